The minimum Gasteiger partial charge on any atom is -0.488 e. The van der Waals surface area contributed by atoms with E-state index >= 15 is 0 Å². The van der Waals surface area contributed by atoms with Crippen molar-refractivity contribution in [1.29, 1.82) is 0 Å². The first kappa shape index (κ1) is 10.3. The zero-order valence-electron chi connectivity index (χ0n) is 8.78. The first-order chi connectivity index (χ1) is 6.02. The van der Waals surface area contributed by atoms with Crippen LogP contribution in [0.5, 0.6) is 0 Å². The summed E-state index contributed by atoms with van der Waals surface area (Å²) in [7, 11) is 0. The van der Waals surface area contributed by atoms with Crippen molar-refractivity contribution in [2.75, 3.05) is 0 Å². The van der Waals surface area contributed by atoms with Crippen LogP contribution >= 0.6 is 0 Å². The fraction of sp³-hybridized carbons (Fsp3) is 0.636. The fourth-order valence-corrected chi connectivity index (χ4v) is 1.36. The molecule has 1 rings (SSSR count). The maximum atomic E-state index is 13.5. The topological polar surface area (TPSA) is 9.23 Å². The van der Waals surface area contributed by atoms with Crippen LogP contribution in [0.15, 0.2) is 22.7 Å². The predicted molar refractivity (Wildman–Crippen MR) is 52.0 cm³/mol. The van der Waals surface area contributed by atoms with Gasteiger partial charge in [-0.1, -0.05) is 0 Å². The molecule has 0 aromatic rings. The molecule has 0 aromatic heterocycles. The monoisotopic (exact) mass is 184 g/mol. The molecule has 1 atom stereocenters. The van der Waals surface area contributed by atoms with Crippen LogP contribution in [0.3, 0.4) is 0 Å². The van der Waals surface area contributed by atoms with Crippen molar-refractivity contribution in [2.24, 2.45) is 0 Å². The highest BCUT2D eigenvalue weighted by molar-refractivity contribution is 5.29. The van der Waals surface area contributed by atoms with E-state index in [0.29, 0.717) is 11.3 Å². The lowest BCUT2D eigenvalue weighted by molar-refractivity contribution is 0.105. The Bertz CT molecular complexity index is 259. The molecule has 0 radical (unpaired) electrons. The zero-order valence-corrected chi connectivity index (χ0v) is 8.78. The van der Waals surface area contributed by atoms with Crippen LogP contribution in [0.2, 0.25) is 0 Å². The van der Waals surface area contributed by atoms with Crippen molar-refractivity contribution >= 4 is 0 Å². The summed E-state index contributed by atoms with van der Waals surface area (Å²) in [5.41, 5.74) is 1.71. The average Bonchev–Trinajstić information content (AvgIpc) is 2.08. The second kappa shape index (κ2) is 3.95. The summed E-state index contributed by atoms with van der Waals surface area (Å²) in [4.78, 5) is 0. The molecule has 0 aromatic carbocycles. The Morgan fingerprint density at radius 1 is 1.46 bits per heavy atom. The third-order valence-corrected chi connectivity index (χ3v) is 2.27. The Morgan fingerprint density at radius 2 is 2.08 bits per heavy atom. The Morgan fingerprint density at radius 3 is 2.62 bits per heavy atom. The van der Waals surface area contributed by atoms with Gasteiger partial charge in [0.1, 0.15) is 0 Å². The van der Waals surface area contributed by atoms with E-state index in [9.17, 15) is 4.39 Å². The maximum absolute atomic E-state index is 13.5. The number of hydrogen-bond acceptors (Lipinski definition) is 1. The van der Waals surface area contributed by atoms with Gasteiger partial charge in [-0.25, -0.2) is 4.39 Å². The van der Waals surface area contributed by atoms with Gasteiger partial charge in [0, 0.05) is 0 Å². The van der Waals surface area contributed by atoms with Gasteiger partial charge in [0.15, 0.2) is 11.6 Å². The highest BCUT2D eigenvalue weighted by atomic mass is 19.1. The first-order valence-corrected chi connectivity index (χ1v) is 4.72. The average molecular weight is 184 g/mol. The predicted octanol–water partition coefficient (Wildman–Crippen LogP) is 3.72. The molecule has 0 fully saturated rings. The number of hydrogen-bond donors (Lipinski definition) is 0. The third kappa shape index (κ3) is 2.33. The molecule has 0 amide bonds. The highest BCUT2D eigenvalue weighted by Gasteiger charge is 2.20. The van der Waals surface area contributed by atoms with Gasteiger partial charge < -0.3 is 4.74 Å². The molecule has 1 heterocycles. The molecule has 1 aliphatic rings. The molecule has 1 aliphatic heterocycles. The standard InChI is InChI=1S/C11H17FO/c1-7(2)10(12)11-8(3)5-6-9(4)13-11/h9H,5-6H2,1-4H3. The Hall–Kier alpha value is -0.790. The number of halogens is 1. The summed E-state index contributed by atoms with van der Waals surface area (Å²) in [6.45, 7) is 7.44. The van der Waals surface area contributed by atoms with Crippen molar-refractivity contribution in [1.82, 2.24) is 0 Å². The van der Waals surface area contributed by atoms with Gasteiger partial charge in [-0.2, -0.15) is 0 Å². The van der Waals surface area contributed by atoms with Gasteiger partial charge in [-0.3, -0.25) is 0 Å². The van der Waals surface area contributed by atoms with Gasteiger partial charge in [-0.15, -0.1) is 0 Å². The Balaban J connectivity index is 2.95. The van der Waals surface area contributed by atoms with Gasteiger partial charge in [0.25, 0.3) is 0 Å². The lowest BCUT2D eigenvalue weighted by Gasteiger charge is -2.24. The van der Waals surface area contributed by atoms with Crippen LogP contribution in [-0.2, 0) is 4.74 Å². The summed E-state index contributed by atoms with van der Waals surface area (Å²) in [5, 5.41) is 0. The summed E-state index contributed by atoms with van der Waals surface area (Å²) in [6, 6.07) is 0. The molecule has 1 unspecified atom stereocenters. The lowest BCUT2D eigenvalue weighted by atomic mass is 10.0. The second-order valence-corrected chi connectivity index (χ2v) is 3.89. The van der Waals surface area contributed by atoms with Crippen molar-refractivity contribution in [3.8, 4) is 0 Å². The molecule has 0 N–H and O–H groups in total. The number of rotatable bonds is 1. The minimum absolute atomic E-state index is 0.142. The van der Waals surface area contributed by atoms with E-state index < -0.39 is 0 Å². The fourth-order valence-electron chi connectivity index (χ4n) is 1.36. The largest absolute Gasteiger partial charge is 0.488 e. The summed E-state index contributed by atoms with van der Waals surface area (Å²) in [6.07, 6.45) is 2.08. The number of allylic oxidation sites excluding steroid dienone is 3. The lowest BCUT2D eigenvalue weighted by Crippen LogP contribution is -2.15. The molecule has 0 aliphatic carbocycles. The van der Waals surface area contributed by atoms with E-state index in [-0.39, 0.29) is 11.9 Å². The van der Waals surface area contributed by atoms with E-state index in [1.165, 1.54) is 0 Å². The summed E-state index contributed by atoms with van der Waals surface area (Å²) < 4.78 is 19.0. The molecule has 0 bridgehead atoms. The molecular formula is C11H17FO. The van der Waals surface area contributed by atoms with E-state index in [2.05, 4.69) is 0 Å². The molecule has 0 saturated carbocycles. The molecule has 0 saturated heterocycles. The quantitative estimate of drug-likeness (QED) is 0.603. The molecule has 1 nitrogen and oxygen atoms in total. The van der Waals surface area contributed by atoms with E-state index in [1.807, 2.05) is 13.8 Å². The Labute approximate surface area is 79.3 Å². The molecular weight excluding hydrogens is 167 g/mol. The van der Waals surface area contributed by atoms with Crippen molar-refractivity contribution in [3.05, 3.63) is 22.7 Å². The van der Waals surface area contributed by atoms with Gasteiger partial charge in [0.05, 0.1) is 6.10 Å². The molecule has 0 spiro atoms. The van der Waals surface area contributed by atoms with Crippen LogP contribution in [0.1, 0.15) is 40.5 Å². The number of ether oxygens (including phenoxy) is 1. The van der Waals surface area contributed by atoms with Crippen LogP contribution in [0, 0.1) is 0 Å². The van der Waals surface area contributed by atoms with Crippen LogP contribution in [0.4, 0.5) is 4.39 Å². The van der Waals surface area contributed by atoms with E-state index in [0.717, 1.165) is 18.4 Å². The van der Waals surface area contributed by atoms with Crippen molar-refractivity contribution < 1.29 is 9.13 Å². The van der Waals surface area contributed by atoms with Crippen molar-refractivity contribution in [3.63, 3.8) is 0 Å². The molecule has 13 heavy (non-hydrogen) atoms. The minimum atomic E-state index is -0.191. The molecule has 74 valence electrons. The van der Waals surface area contributed by atoms with E-state index in [4.69, 9.17) is 4.74 Å². The normalized spacial score (nSPS) is 22.7. The second-order valence-electron chi connectivity index (χ2n) is 3.89. The van der Waals surface area contributed by atoms with Crippen LogP contribution in [-0.4, -0.2) is 6.10 Å². The Kier molecular flexibility index (Phi) is 3.12. The smallest absolute Gasteiger partial charge is 0.163 e. The zero-order chi connectivity index (χ0) is 10.0. The maximum Gasteiger partial charge on any atom is 0.163 e. The first-order valence-electron chi connectivity index (χ1n) is 4.72. The van der Waals surface area contributed by atoms with Crippen LogP contribution in [0.25, 0.3) is 0 Å². The highest BCUT2D eigenvalue weighted by Crippen LogP contribution is 2.30. The molecule has 2 heteroatoms. The van der Waals surface area contributed by atoms with Crippen LogP contribution < -0.4 is 0 Å². The van der Waals surface area contributed by atoms with Gasteiger partial charge >= 0.3 is 0 Å². The van der Waals surface area contributed by atoms with E-state index in [1.54, 1.807) is 13.8 Å². The van der Waals surface area contributed by atoms with Gasteiger partial charge in [-0.05, 0) is 51.7 Å². The SMILES string of the molecule is CC(C)=C(F)C1=C(C)CCC(C)O1. The summed E-state index contributed by atoms with van der Waals surface area (Å²) >= 11 is 0. The van der Waals surface area contributed by atoms with Crippen molar-refractivity contribution in [2.45, 2.75) is 46.6 Å². The summed E-state index contributed by atoms with van der Waals surface area (Å²) in [5.74, 6) is 0.280. The third-order valence-electron chi connectivity index (χ3n) is 2.27. The van der Waals surface area contributed by atoms with Gasteiger partial charge in [0.2, 0.25) is 0 Å².